The molecule has 2 aromatic rings. The molecule has 0 aromatic heterocycles. The molecule has 0 bridgehead atoms. The molecule has 0 saturated carbocycles. The number of hydrogen-bond donors (Lipinski definition) is 1. The second kappa shape index (κ2) is 9.06. The quantitative estimate of drug-likeness (QED) is 0.741. The molecule has 7 heteroatoms. The van der Waals surface area contributed by atoms with Crippen LogP contribution >= 0.6 is 11.6 Å². The molecular formula is C21H22ClFN2O3. The van der Waals surface area contributed by atoms with E-state index in [1.54, 1.807) is 31.4 Å². The second-order valence-corrected chi connectivity index (χ2v) is 7.00. The summed E-state index contributed by atoms with van der Waals surface area (Å²) >= 11 is 6.16. The minimum atomic E-state index is -0.430. The number of amides is 2. The highest BCUT2D eigenvalue weighted by Gasteiger charge is 2.27. The van der Waals surface area contributed by atoms with Crippen LogP contribution in [0.4, 0.5) is 10.1 Å². The molecule has 0 unspecified atom stereocenters. The fraction of sp³-hybridized carbons (Fsp3) is 0.333. The van der Waals surface area contributed by atoms with E-state index in [0.717, 1.165) is 6.42 Å². The van der Waals surface area contributed by atoms with Gasteiger partial charge in [-0.1, -0.05) is 11.6 Å². The van der Waals surface area contributed by atoms with E-state index < -0.39 is 5.82 Å². The molecule has 28 heavy (non-hydrogen) atoms. The normalized spacial score (nSPS) is 13.0. The van der Waals surface area contributed by atoms with E-state index in [1.165, 1.54) is 17.0 Å². The van der Waals surface area contributed by atoms with Crippen molar-refractivity contribution in [2.24, 2.45) is 0 Å². The van der Waals surface area contributed by atoms with E-state index in [2.05, 4.69) is 5.32 Å². The molecule has 0 aliphatic carbocycles. The van der Waals surface area contributed by atoms with Crippen molar-refractivity contribution < 1.29 is 18.7 Å². The van der Waals surface area contributed by atoms with Crippen molar-refractivity contribution in [1.29, 1.82) is 0 Å². The Labute approximate surface area is 168 Å². The largest absolute Gasteiger partial charge is 0.497 e. The first-order valence-electron chi connectivity index (χ1n) is 9.20. The van der Waals surface area contributed by atoms with Gasteiger partial charge in [0.05, 0.1) is 12.8 Å². The van der Waals surface area contributed by atoms with Crippen LogP contribution in [-0.2, 0) is 11.2 Å². The molecule has 0 fully saturated rings. The zero-order chi connectivity index (χ0) is 20.1. The Morgan fingerprint density at radius 1 is 1.21 bits per heavy atom. The summed E-state index contributed by atoms with van der Waals surface area (Å²) in [5.41, 5.74) is 1.51. The van der Waals surface area contributed by atoms with E-state index in [4.69, 9.17) is 16.3 Å². The van der Waals surface area contributed by atoms with E-state index >= 15 is 0 Å². The van der Waals surface area contributed by atoms with Gasteiger partial charge in [0, 0.05) is 30.1 Å². The van der Waals surface area contributed by atoms with Crippen LogP contribution in [0.5, 0.6) is 5.75 Å². The summed E-state index contributed by atoms with van der Waals surface area (Å²) in [7, 11) is 1.56. The Morgan fingerprint density at radius 3 is 2.68 bits per heavy atom. The summed E-state index contributed by atoms with van der Waals surface area (Å²) in [6, 6.07) is 9.60. The van der Waals surface area contributed by atoms with Crippen LogP contribution in [0.1, 0.15) is 35.2 Å². The molecule has 2 aromatic carbocycles. The third-order valence-electron chi connectivity index (χ3n) is 4.76. The molecule has 1 N–H and O–H groups in total. The van der Waals surface area contributed by atoms with E-state index in [-0.39, 0.29) is 18.2 Å². The van der Waals surface area contributed by atoms with Gasteiger partial charge in [0.1, 0.15) is 11.6 Å². The highest BCUT2D eigenvalue weighted by atomic mass is 35.5. The molecule has 148 valence electrons. The zero-order valence-corrected chi connectivity index (χ0v) is 16.4. The number of benzene rings is 2. The van der Waals surface area contributed by atoms with Crippen LogP contribution in [0.25, 0.3) is 0 Å². The number of carbonyl (C=O) groups excluding carboxylic acids is 2. The summed E-state index contributed by atoms with van der Waals surface area (Å²) in [6.45, 7) is 0.830. The average molecular weight is 405 g/mol. The maximum atomic E-state index is 14.3. The molecule has 0 spiro atoms. The molecule has 0 saturated heterocycles. The molecule has 3 rings (SSSR count). The molecule has 5 nitrogen and oxygen atoms in total. The van der Waals surface area contributed by atoms with Crippen LogP contribution in [0.15, 0.2) is 36.4 Å². The van der Waals surface area contributed by atoms with Crippen molar-refractivity contribution in [3.63, 3.8) is 0 Å². The number of ether oxygens (including phenoxy) is 1. The van der Waals surface area contributed by atoms with Crippen molar-refractivity contribution >= 4 is 29.1 Å². The summed E-state index contributed by atoms with van der Waals surface area (Å²) < 4.78 is 19.3. The SMILES string of the molecule is COc1ccc(C(=O)NCCCC(=O)N2CCCc3c(Cl)ccc(F)c32)cc1. The average Bonchev–Trinajstić information content (AvgIpc) is 2.73. The lowest BCUT2D eigenvalue weighted by Gasteiger charge is -2.30. The van der Waals surface area contributed by atoms with E-state index in [1.807, 2.05) is 0 Å². The van der Waals surface area contributed by atoms with Gasteiger partial charge in [-0.25, -0.2) is 4.39 Å². The lowest BCUT2D eigenvalue weighted by atomic mass is 10.0. The minimum absolute atomic E-state index is 0.166. The predicted molar refractivity (Wildman–Crippen MR) is 107 cm³/mol. The zero-order valence-electron chi connectivity index (χ0n) is 15.6. The number of carbonyl (C=O) groups is 2. The number of nitrogens with one attached hydrogen (secondary N) is 1. The Bertz CT molecular complexity index is 871. The van der Waals surface area contributed by atoms with Crippen LogP contribution in [0.3, 0.4) is 0 Å². The van der Waals surface area contributed by atoms with Gasteiger partial charge in [0.2, 0.25) is 5.91 Å². The van der Waals surface area contributed by atoms with E-state index in [0.29, 0.717) is 53.5 Å². The lowest BCUT2D eigenvalue weighted by Crippen LogP contribution is -2.36. The molecule has 0 radical (unpaired) electrons. The van der Waals surface area contributed by atoms with Gasteiger partial charge in [-0.3, -0.25) is 9.59 Å². The molecule has 0 atom stereocenters. The van der Waals surface area contributed by atoms with Crippen molar-refractivity contribution in [2.75, 3.05) is 25.1 Å². The predicted octanol–water partition coefficient (Wildman–Crippen LogP) is 3.98. The van der Waals surface area contributed by atoms with Crippen LogP contribution in [-0.4, -0.2) is 32.0 Å². The minimum Gasteiger partial charge on any atom is -0.497 e. The van der Waals surface area contributed by atoms with Gasteiger partial charge < -0.3 is 15.0 Å². The Balaban J connectivity index is 1.53. The van der Waals surface area contributed by atoms with Gasteiger partial charge in [-0.05, 0) is 61.2 Å². The first-order valence-corrected chi connectivity index (χ1v) is 9.58. The Kier molecular flexibility index (Phi) is 6.52. The Morgan fingerprint density at radius 2 is 1.96 bits per heavy atom. The van der Waals surface area contributed by atoms with Gasteiger partial charge in [-0.2, -0.15) is 0 Å². The van der Waals surface area contributed by atoms with Crippen LogP contribution in [0.2, 0.25) is 5.02 Å². The van der Waals surface area contributed by atoms with Gasteiger partial charge in [-0.15, -0.1) is 0 Å². The lowest BCUT2D eigenvalue weighted by molar-refractivity contribution is -0.118. The van der Waals surface area contributed by atoms with Crippen molar-refractivity contribution in [3.05, 3.63) is 58.4 Å². The number of rotatable bonds is 6. The number of nitrogens with zero attached hydrogens (tertiary/aromatic N) is 1. The maximum Gasteiger partial charge on any atom is 0.251 e. The first-order chi connectivity index (χ1) is 13.5. The fourth-order valence-corrected chi connectivity index (χ4v) is 3.56. The van der Waals surface area contributed by atoms with Gasteiger partial charge in [0.15, 0.2) is 0 Å². The molecule has 1 aliphatic rings. The van der Waals surface area contributed by atoms with Crippen LogP contribution < -0.4 is 15.0 Å². The monoisotopic (exact) mass is 404 g/mol. The number of methoxy groups -OCH3 is 1. The van der Waals surface area contributed by atoms with Crippen molar-refractivity contribution in [2.45, 2.75) is 25.7 Å². The third-order valence-corrected chi connectivity index (χ3v) is 5.12. The summed E-state index contributed by atoms with van der Waals surface area (Å²) in [5.74, 6) is -0.131. The number of hydrogen-bond acceptors (Lipinski definition) is 3. The third kappa shape index (κ3) is 4.44. The van der Waals surface area contributed by atoms with Crippen molar-refractivity contribution in [3.8, 4) is 5.75 Å². The number of halogens is 2. The molecule has 1 aliphatic heterocycles. The fourth-order valence-electron chi connectivity index (χ4n) is 3.31. The molecule has 1 heterocycles. The van der Waals surface area contributed by atoms with Gasteiger partial charge in [0.25, 0.3) is 5.91 Å². The maximum absolute atomic E-state index is 14.3. The highest BCUT2D eigenvalue weighted by molar-refractivity contribution is 6.32. The number of fused-ring (bicyclic) bond motifs is 1. The standard InChI is InChI=1S/C21H22ClFN2O3/c1-28-15-8-6-14(7-9-15)21(27)24-12-2-5-19(26)25-13-3-4-16-17(22)10-11-18(23)20(16)25/h6-11H,2-5,12-13H2,1H3,(H,24,27). The molecular weight excluding hydrogens is 383 g/mol. The first kappa shape index (κ1) is 20.1. The molecule has 2 amide bonds. The second-order valence-electron chi connectivity index (χ2n) is 6.59. The Hall–Kier alpha value is -2.60. The summed E-state index contributed by atoms with van der Waals surface area (Å²) in [4.78, 5) is 26.2. The highest BCUT2D eigenvalue weighted by Crippen LogP contribution is 2.35. The van der Waals surface area contributed by atoms with Crippen LogP contribution in [0, 0.1) is 5.82 Å². The topological polar surface area (TPSA) is 58.6 Å². The van der Waals surface area contributed by atoms with Crippen molar-refractivity contribution in [1.82, 2.24) is 5.32 Å². The van der Waals surface area contributed by atoms with Gasteiger partial charge >= 0.3 is 0 Å². The number of anilines is 1. The summed E-state index contributed by atoms with van der Waals surface area (Å²) in [5, 5.41) is 3.28. The van der Waals surface area contributed by atoms with E-state index in [9.17, 15) is 14.0 Å². The summed E-state index contributed by atoms with van der Waals surface area (Å²) in [6.07, 6.45) is 2.09. The smallest absolute Gasteiger partial charge is 0.251 e.